The van der Waals surface area contributed by atoms with Crippen LogP contribution >= 0.6 is 24.0 Å². The van der Waals surface area contributed by atoms with Gasteiger partial charge in [-0.15, -0.1) is 0 Å². The third kappa shape index (κ3) is 3.65. The molecule has 2 aromatic carbocycles. The van der Waals surface area contributed by atoms with Crippen LogP contribution < -0.4 is 10.0 Å². The number of anilines is 1. The van der Waals surface area contributed by atoms with E-state index in [0.29, 0.717) is 14.9 Å². The highest BCUT2D eigenvalue weighted by Gasteiger charge is 2.33. The van der Waals surface area contributed by atoms with Crippen LogP contribution in [0.3, 0.4) is 0 Å². The number of nitrogens with zero attached hydrogens (tertiary/aromatic N) is 1. The number of rotatable bonds is 4. The van der Waals surface area contributed by atoms with E-state index in [-0.39, 0.29) is 11.5 Å². The molecule has 1 heterocycles. The molecular weight excluding hydrogens is 354 g/mol. The fraction of sp³-hybridized carbons (Fsp3) is 0.105. The highest BCUT2D eigenvalue weighted by molar-refractivity contribution is 8.27. The Balaban J connectivity index is 1.90. The van der Waals surface area contributed by atoms with Crippen LogP contribution in [0.15, 0.2) is 53.4 Å². The zero-order chi connectivity index (χ0) is 18.0. The molecule has 1 aliphatic heterocycles. The number of benzene rings is 2. The number of carbonyl (C=O) groups excluding carboxylic acids is 2. The second kappa shape index (κ2) is 7.21. The number of carboxylic acids is 1. The largest absolute Gasteiger partial charge is 0.545 e. The number of carboxylic acid groups (broad SMARTS) is 1. The van der Waals surface area contributed by atoms with E-state index in [1.807, 2.05) is 24.3 Å². The Hall–Kier alpha value is -2.44. The molecule has 2 aromatic rings. The maximum absolute atomic E-state index is 12.7. The van der Waals surface area contributed by atoms with Crippen LogP contribution in [0.25, 0.3) is 6.08 Å². The molecule has 0 bridgehead atoms. The molecule has 0 spiro atoms. The fourth-order valence-corrected chi connectivity index (χ4v) is 3.76. The van der Waals surface area contributed by atoms with Gasteiger partial charge in [-0.05, 0) is 41.3 Å². The lowest BCUT2D eigenvalue weighted by Crippen LogP contribution is -2.28. The molecule has 0 aliphatic carbocycles. The normalized spacial score (nSPS) is 15.9. The zero-order valence-corrected chi connectivity index (χ0v) is 15.0. The summed E-state index contributed by atoms with van der Waals surface area (Å²) < 4.78 is 0.372. The first-order valence-corrected chi connectivity index (χ1v) is 8.90. The van der Waals surface area contributed by atoms with Gasteiger partial charge in [0, 0.05) is 0 Å². The second-order valence-electron chi connectivity index (χ2n) is 5.45. The lowest BCUT2D eigenvalue weighted by Gasteiger charge is -2.15. The lowest BCUT2D eigenvalue weighted by atomic mass is 10.1. The number of thioether (sulfide) groups is 1. The number of hydrogen-bond donors (Lipinski definition) is 0. The smallest absolute Gasteiger partial charge is 0.270 e. The van der Waals surface area contributed by atoms with Crippen molar-refractivity contribution in [3.63, 3.8) is 0 Å². The first-order valence-electron chi connectivity index (χ1n) is 7.68. The Morgan fingerprint density at radius 1 is 1.24 bits per heavy atom. The number of amides is 1. The predicted octanol–water partition coefficient (Wildman–Crippen LogP) is 3.02. The molecule has 4 nitrogen and oxygen atoms in total. The molecular formula is C19H14NO3S2-. The zero-order valence-electron chi connectivity index (χ0n) is 13.4. The molecule has 0 N–H and O–H groups in total. The Bertz CT molecular complexity index is 888. The van der Waals surface area contributed by atoms with Crippen LogP contribution in [0.1, 0.15) is 28.4 Å². The molecule has 126 valence electrons. The Morgan fingerprint density at radius 2 is 1.96 bits per heavy atom. The van der Waals surface area contributed by atoms with E-state index in [0.717, 1.165) is 12.0 Å². The summed E-state index contributed by atoms with van der Waals surface area (Å²) >= 11 is 6.51. The highest BCUT2D eigenvalue weighted by Crippen LogP contribution is 2.36. The summed E-state index contributed by atoms with van der Waals surface area (Å²) in [6.45, 7) is 2.08. The SMILES string of the molecule is CCc1ccc(C=C2SC(=S)N(c3cccc(C(=O)[O-])c3)C2=O)cc1. The molecule has 0 radical (unpaired) electrons. The van der Waals surface area contributed by atoms with Crippen molar-refractivity contribution >= 4 is 51.9 Å². The molecule has 25 heavy (non-hydrogen) atoms. The lowest BCUT2D eigenvalue weighted by molar-refractivity contribution is -0.255. The number of aryl methyl sites for hydroxylation is 1. The molecule has 1 fully saturated rings. The maximum atomic E-state index is 12.7. The number of thiocarbonyl (C=S) groups is 1. The Morgan fingerprint density at radius 3 is 2.60 bits per heavy atom. The number of carbonyl (C=O) groups is 2. The molecule has 1 amide bonds. The van der Waals surface area contributed by atoms with Gasteiger partial charge >= 0.3 is 0 Å². The van der Waals surface area contributed by atoms with Crippen molar-refractivity contribution in [2.24, 2.45) is 0 Å². The molecule has 0 saturated carbocycles. The van der Waals surface area contributed by atoms with Crippen molar-refractivity contribution in [3.8, 4) is 0 Å². The summed E-state index contributed by atoms with van der Waals surface area (Å²) in [5, 5.41) is 11.0. The van der Waals surface area contributed by atoms with E-state index < -0.39 is 5.97 Å². The van der Waals surface area contributed by atoms with E-state index in [9.17, 15) is 14.7 Å². The van der Waals surface area contributed by atoms with Crippen LogP contribution in [-0.2, 0) is 11.2 Å². The summed E-state index contributed by atoms with van der Waals surface area (Å²) in [4.78, 5) is 25.6. The minimum Gasteiger partial charge on any atom is -0.545 e. The minimum absolute atomic E-state index is 0.00526. The minimum atomic E-state index is -1.29. The van der Waals surface area contributed by atoms with Crippen molar-refractivity contribution in [1.29, 1.82) is 0 Å². The first-order chi connectivity index (χ1) is 12.0. The first kappa shape index (κ1) is 17.4. The van der Waals surface area contributed by atoms with Crippen molar-refractivity contribution < 1.29 is 14.7 Å². The van der Waals surface area contributed by atoms with Crippen molar-refractivity contribution in [2.45, 2.75) is 13.3 Å². The maximum Gasteiger partial charge on any atom is 0.270 e. The van der Waals surface area contributed by atoms with Crippen molar-refractivity contribution in [2.75, 3.05) is 4.90 Å². The quantitative estimate of drug-likeness (QED) is 0.613. The van der Waals surface area contributed by atoms with Gasteiger partial charge in [-0.25, -0.2) is 0 Å². The molecule has 1 saturated heterocycles. The summed E-state index contributed by atoms with van der Waals surface area (Å²) in [5.41, 5.74) is 2.57. The van der Waals surface area contributed by atoms with Crippen LogP contribution in [0.4, 0.5) is 5.69 Å². The highest BCUT2D eigenvalue weighted by atomic mass is 32.2. The average Bonchev–Trinajstić information content (AvgIpc) is 2.89. The van der Waals surface area contributed by atoms with Gasteiger partial charge in [-0.1, -0.05) is 67.3 Å². The summed E-state index contributed by atoms with van der Waals surface area (Å²) in [5.74, 6) is -1.55. The molecule has 3 rings (SSSR count). The molecule has 0 aromatic heterocycles. The van der Waals surface area contributed by atoms with Gasteiger partial charge in [0.15, 0.2) is 4.32 Å². The topological polar surface area (TPSA) is 60.4 Å². The number of aromatic carboxylic acids is 1. The van der Waals surface area contributed by atoms with Gasteiger partial charge in [-0.2, -0.15) is 0 Å². The van der Waals surface area contributed by atoms with E-state index in [2.05, 4.69) is 6.92 Å². The van der Waals surface area contributed by atoms with E-state index >= 15 is 0 Å². The molecule has 0 atom stereocenters. The van der Waals surface area contributed by atoms with E-state index in [1.165, 1.54) is 34.4 Å². The third-order valence-electron chi connectivity index (χ3n) is 3.82. The summed E-state index contributed by atoms with van der Waals surface area (Å²) in [6, 6.07) is 14.0. The predicted molar refractivity (Wildman–Crippen MR) is 102 cm³/mol. The standard InChI is InChI=1S/C19H15NO3S2/c1-2-12-6-8-13(9-7-12)10-16-17(21)20(19(24)25-16)15-5-3-4-14(11-15)18(22)23/h3-11H,2H2,1H3,(H,22,23)/p-1. The summed E-state index contributed by atoms with van der Waals surface area (Å²) in [7, 11) is 0. The van der Waals surface area contributed by atoms with Crippen molar-refractivity contribution in [3.05, 3.63) is 70.1 Å². The van der Waals surface area contributed by atoms with Gasteiger partial charge in [0.05, 0.1) is 16.6 Å². The Kier molecular flexibility index (Phi) is 5.01. The van der Waals surface area contributed by atoms with Gasteiger partial charge < -0.3 is 9.90 Å². The van der Waals surface area contributed by atoms with Crippen LogP contribution in [0.2, 0.25) is 0 Å². The molecule has 6 heteroatoms. The van der Waals surface area contributed by atoms with E-state index in [4.69, 9.17) is 12.2 Å². The fourth-order valence-electron chi connectivity index (χ4n) is 2.46. The van der Waals surface area contributed by atoms with Crippen molar-refractivity contribution in [1.82, 2.24) is 0 Å². The Labute approximate surface area is 155 Å². The summed E-state index contributed by atoms with van der Waals surface area (Å²) in [6.07, 6.45) is 2.75. The molecule has 1 aliphatic rings. The second-order valence-corrected chi connectivity index (χ2v) is 7.13. The van der Waals surface area contributed by atoms with Gasteiger partial charge in [0.1, 0.15) is 0 Å². The van der Waals surface area contributed by atoms with Gasteiger partial charge in [-0.3, -0.25) is 9.69 Å². The van der Waals surface area contributed by atoms with Gasteiger partial charge in [0.2, 0.25) is 0 Å². The third-order valence-corrected chi connectivity index (χ3v) is 5.12. The average molecular weight is 368 g/mol. The van der Waals surface area contributed by atoms with Crippen LogP contribution in [0.5, 0.6) is 0 Å². The van der Waals surface area contributed by atoms with Crippen LogP contribution in [0, 0.1) is 0 Å². The van der Waals surface area contributed by atoms with Gasteiger partial charge in [0.25, 0.3) is 5.91 Å². The monoisotopic (exact) mass is 368 g/mol. The molecule has 0 unspecified atom stereocenters. The van der Waals surface area contributed by atoms with Crippen LogP contribution in [-0.4, -0.2) is 16.2 Å². The number of hydrogen-bond acceptors (Lipinski definition) is 5. The van der Waals surface area contributed by atoms with E-state index in [1.54, 1.807) is 18.2 Å².